The van der Waals surface area contributed by atoms with Crippen LogP contribution in [0.5, 0.6) is 0 Å². The van der Waals surface area contributed by atoms with Crippen LogP contribution in [0.25, 0.3) is 0 Å². The molecule has 0 fully saturated rings. The summed E-state index contributed by atoms with van der Waals surface area (Å²) in [6.07, 6.45) is 17.9. The van der Waals surface area contributed by atoms with Crippen molar-refractivity contribution in [3.8, 4) is 0 Å². The van der Waals surface area contributed by atoms with Crippen LogP contribution in [0.1, 0.15) is 19.8 Å². The lowest BCUT2D eigenvalue weighted by Gasteiger charge is -1.93. The molecule has 0 saturated heterocycles. The van der Waals surface area contributed by atoms with E-state index in [1.807, 2.05) is 18.2 Å². The van der Waals surface area contributed by atoms with Crippen molar-refractivity contribution >= 4 is 5.97 Å². The Bertz CT molecular complexity index is 383. The van der Waals surface area contributed by atoms with E-state index in [0.29, 0.717) is 5.57 Å². The van der Waals surface area contributed by atoms with Gasteiger partial charge in [-0.1, -0.05) is 42.5 Å². The van der Waals surface area contributed by atoms with Crippen LogP contribution in [0, 0.1) is 0 Å². The third-order valence-corrected chi connectivity index (χ3v) is 2.19. The molecule has 0 aromatic rings. The number of rotatable bonds is 2. The fraction of sp³-hybridized carbons (Fsp3) is 0.214. The average molecular weight is 216 g/mol. The summed E-state index contributed by atoms with van der Waals surface area (Å²) in [5.41, 5.74) is 1.45. The Morgan fingerprint density at radius 2 is 1.94 bits per heavy atom. The second-order valence-electron chi connectivity index (χ2n) is 3.60. The Hall–Kier alpha value is -1.83. The van der Waals surface area contributed by atoms with Crippen molar-refractivity contribution in [3.05, 3.63) is 59.8 Å². The first-order valence-electron chi connectivity index (χ1n) is 5.29. The van der Waals surface area contributed by atoms with E-state index < -0.39 is 5.97 Å². The molecular weight excluding hydrogens is 200 g/mol. The van der Waals surface area contributed by atoms with Gasteiger partial charge in [0.1, 0.15) is 0 Å². The van der Waals surface area contributed by atoms with E-state index in [9.17, 15) is 4.79 Å². The summed E-state index contributed by atoms with van der Waals surface area (Å²) in [4.78, 5) is 10.4. The Morgan fingerprint density at radius 1 is 1.25 bits per heavy atom. The predicted molar refractivity (Wildman–Crippen MR) is 66.1 cm³/mol. The molecule has 2 heteroatoms. The molecule has 1 N–H and O–H groups in total. The van der Waals surface area contributed by atoms with Gasteiger partial charge in [-0.25, -0.2) is 4.79 Å². The fourth-order valence-electron chi connectivity index (χ4n) is 1.30. The van der Waals surface area contributed by atoms with Crippen LogP contribution < -0.4 is 0 Å². The Balaban J connectivity index is 0.000000212. The molecule has 2 aliphatic rings. The van der Waals surface area contributed by atoms with Crippen LogP contribution in [-0.2, 0) is 4.79 Å². The molecule has 0 aromatic carbocycles. The minimum absolute atomic E-state index is 0.389. The van der Waals surface area contributed by atoms with E-state index in [0.717, 1.165) is 18.4 Å². The molecule has 0 radical (unpaired) electrons. The third kappa shape index (κ3) is 4.60. The average Bonchev–Trinajstić information content (AvgIpc) is 2.92. The van der Waals surface area contributed by atoms with Gasteiger partial charge in [-0.3, -0.25) is 0 Å². The number of allylic oxidation sites excluding steroid dienone is 9. The van der Waals surface area contributed by atoms with Crippen LogP contribution in [0.2, 0.25) is 0 Å². The number of carboxylic acid groups (broad SMARTS) is 1. The summed E-state index contributed by atoms with van der Waals surface area (Å²) in [5.74, 6) is -0.849. The Kier molecular flexibility index (Phi) is 5.06. The number of carbonyl (C=O) groups is 1. The molecule has 0 aromatic heterocycles. The van der Waals surface area contributed by atoms with Gasteiger partial charge in [-0.2, -0.15) is 0 Å². The highest BCUT2D eigenvalue weighted by Gasteiger charge is 2.01. The highest BCUT2D eigenvalue weighted by atomic mass is 16.4. The molecular formula is C14H16O2. The van der Waals surface area contributed by atoms with Gasteiger partial charge in [0, 0.05) is 5.57 Å². The topological polar surface area (TPSA) is 37.3 Å². The minimum atomic E-state index is -0.849. The van der Waals surface area contributed by atoms with Crippen LogP contribution in [0.3, 0.4) is 0 Å². The van der Waals surface area contributed by atoms with Gasteiger partial charge in [-0.05, 0) is 31.4 Å². The molecule has 2 aliphatic carbocycles. The van der Waals surface area contributed by atoms with Crippen LogP contribution >= 0.6 is 0 Å². The van der Waals surface area contributed by atoms with Crippen molar-refractivity contribution in [2.24, 2.45) is 0 Å². The maximum atomic E-state index is 10.4. The highest BCUT2D eigenvalue weighted by molar-refractivity contribution is 5.86. The van der Waals surface area contributed by atoms with E-state index in [1.165, 1.54) is 0 Å². The standard InChI is InChI=1S/C9H10O2.C5H6/c1-7(9(10)11)6-8-4-2-3-5-8;1-2-4-5-3-1/h2-4,6H,5H2,1H3,(H,10,11);1-4H,5H2. The summed E-state index contributed by atoms with van der Waals surface area (Å²) in [6, 6.07) is 0. The molecule has 84 valence electrons. The predicted octanol–water partition coefficient (Wildman–Crippen LogP) is 3.41. The second-order valence-corrected chi connectivity index (χ2v) is 3.60. The summed E-state index contributed by atoms with van der Waals surface area (Å²) >= 11 is 0. The van der Waals surface area contributed by atoms with Crippen molar-refractivity contribution in [2.75, 3.05) is 0 Å². The van der Waals surface area contributed by atoms with E-state index in [4.69, 9.17) is 5.11 Å². The van der Waals surface area contributed by atoms with Crippen molar-refractivity contribution in [2.45, 2.75) is 19.8 Å². The lowest BCUT2D eigenvalue weighted by atomic mass is 10.1. The lowest BCUT2D eigenvalue weighted by molar-refractivity contribution is -0.132. The zero-order valence-electron chi connectivity index (χ0n) is 9.39. The summed E-state index contributed by atoms with van der Waals surface area (Å²) < 4.78 is 0. The molecule has 0 unspecified atom stereocenters. The number of hydrogen-bond donors (Lipinski definition) is 1. The van der Waals surface area contributed by atoms with Crippen molar-refractivity contribution in [3.63, 3.8) is 0 Å². The SMILES string of the molecule is C1=CCC=C1.CC(=CC1=CC=CC1)C(=O)O. The van der Waals surface area contributed by atoms with Crippen LogP contribution in [-0.4, -0.2) is 11.1 Å². The first kappa shape index (κ1) is 12.2. The Labute approximate surface area is 96.0 Å². The van der Waals surface area contributed by atoms with Crippen molar-refractivity contribution in [1.29, 1.82) is 0 Å². The first-order chi connectivity index (χ1) is 7.70. The largest absolute Gasteiger partial charge is 0.478 e. The van der Waals surface area contributed by atoms with E-state index in [-0.39, 0.29) is 0 Å². The molecule has 0 spiro atoms. The molecule has 0 aliphatic heterocycles. The first-order valence-corrected chi connectivity index (χ1v) is 5.29. The molecule has 0 saturated carbocycles. The van der Waals surface area contributed by atoms with Gasteiger partial charge in [0.25, 0.3) is 0 Å². The molecule has 0 bridgehead atoms. The summed E-state index contributed by atoms with van der Waals surface area (Å²) in [6.45, 7) is 1.60. The van der Waals surface area contributed by atoms with Crippen molar-refractivity contribution < 1.29 is 9.90 Å². The zero-order chi connectivity index (χ0) is 11.8. The summed E-state index contributed by atoms with van der Waals surface area (Å²) in [5, 5.41) is 8.53. The number of hydrogen-bond acceptors (Lipinski definition) is 1. The van der Waals surface area contributed by atoms with Crippen LogP contribution in [0.4, 0.5) is 0 Å². The van der Waals surface area contributed by atoms with Gasteiger partial charge in [-0.15, -0.1) is 0 Å². The van der Waals surface area contributed by atoms with Gasteiger partial charge >= 0.3 is 5.97 Å². The molecule has 0 heterocycles. The lowest BCUT2D eigenvalue weighted by Crippen LogP contribution is -1.95. The molecule has 0 atom stereocenters. The van der Waals surface area contributed by atoms with E-state index >= 15 is 0 Å². The maximum absolute atomic E-state index is 10.4. The van der Waals surface area contributed by atoms with Gasteiger partial charge < -0.3 is 5.11 Å². The molecule has 2 rings (SSSR count). The fourth-order valence-corrected chi connectivity index (χ4v) is 1.30. The van der Waals surface area contributed by atoms with Gasteiger partial charge in [0.05, 0.1) is 0 Å². The molecule has 0 amide bonds. The van der Waals surface area contributed by atoms with E-state index in [1.54, 1.807) is 13.0 Å². The zero-order valence-corrected chi connectivity index (χ0v) is 9.39. The monoisotopic (exact) mass is 216 g/mol. The van der Waals surface area contributed by atoms with E-state index in [2.05, 4.69) is 24.3 Å². The van der Waals surface area contributed by atoms with Crippen LogP contribution in [0.15, 0.2) is 59.8 Å². The Morgan fingerprint density at radius 3 is 2.31 bits per heavy atom. The summed E-state index contributed by atoms with van der Waals surface area (Å²) in [7, 11) is 0. The van der Waals surface area contributed by atoms with Crippen molar-refractivity contribution in [1.82, 2.24) is 0 Å². The number of aliphatic carboxylic acids is 1. The molecule has 2 nitrogen and oxygen atoms in total. The normalized spacial score (nSPS) is 17.1. The highest BCUT2D eigenvalue weighted by Crippen LogP contribution is 2.13. The molecule has 16 heavy (non-hydrogen) atoms. The second kappa shape index (κ2) is 6.62. The quantitative estimate of drug-likeness (QED) is 0.718. The smallest absolute Gasteiger partial charge is 0.331 e. The maximum Gasteiger partial charge on any atom is 0.331 e. The van der Waals surface area contributed by atoms with Gasteiger partial charge in [0.2, 0.25) is 0 Å². The minimum Gasteiger partial charge on any atom is -0.478 e. The number of carboxylic acids is 1. The van der Waals surface area contributed by atoms with Gasteiger partial charge in [0.15, 0.2) is 0 Å². The third-order valence-electron chi connectivity index (χ3n) is 2.19.